The molecule has 0 bridgehead atoms. The van der Waals surface area contributed by atoms with Crippen molar-refractivity contribution in [3.8, 4) is 0 Å². The number of rotatable bonds is 4. The van der Waals surface area contributed by atoms with Crippen molar-refractivity contribution in [3.63, 3.8) is 0 Å². The number of benzene rings is 1. The third-order valence-corrected chi connectivity index (χ3v) is 3.17. The molecule has 0 radical (unpaired) electrons. The summed E-state index contributed by atoms with van der Waals surface area (Å²) < 4.78 is 6.97. The molecule has 0 fully saturated rings. The van der Waals surface area contributed by atoms with Crippen LogP contribution in [0.1, 0.15) is 17.3 Å². The zero-order valence-electron chi connectivity index (χ0n) is 9.87. The molecule has 0 N–H and O–H groups in total. The van der Waals surface area contributed by atoms with Gasteiger partial charge < -0.3 is 9.30 Å². The third-order valence-electron chi connectivity index (χ3n) is 2.78. The van der Waals surface area contributed by atoms with Crippen LogP contribution in [0.2, 0.25) is 5.15 Å². The molecule has 0 amide bonds. The number of fused-ring (bicyclic) bond motifs is 1. The minimum Gasteiger partial charge on any atom is -0.383 e. The van der Waals surface area contributed by atoms with E-state index in [-0.39, 0.29) is 5.78 Å². The van der Waals surface area contributed by atoms with Crippen LogP contribution in [-0.2, 0) is 11.3 Å². The maximum atomic E-state index is 11.6. The Balaban J connectivity index is 2.66. The molecular weight excluding hydrogens is 238 g/mol. The Morgan fingerprint density at radius 2 is 2.12 bits per heavy atom. The quantitative estimate of drug-likeness (QED) is 0.782. The highest BCUT2D eigenvalue weighted by atomic mass is 35.5. The van der Waals surface area contributed by atoms with E-state index in [0.717, 1.165) is 10.9 Å². The summed E-state index contributed by atoms with van der Waals surface area (Å²) in [4.78, 5) is 11.6. The summed E-state index contributed by atoms with van der Waals surface area (Å²) in [5.74, 6) is -0.0117. The van der Waals surface area contributed by atoms with Crippen LogP contribution in [0.5, 0.6) is 0 Å². The van der Waals surface area contributed by atoms with Gasteiger partial charge in [-0.15, -0.1) is 0 Å². The molecule has 1 heterocycles. The lowest BCUT2D eigenvalue weighted by Crippen LogP contribution is -2.04. The van der Waals surface area contributed by atoms with Gasteiger partial charge in [0.1, 0.15) is 5.15 Å². The molecule has 90 valence electrons. The first-order valence-corrected chi connectivity index (χ1v) is 5.81. The standard InChI is InChI=1S/C13H14ClNO2/c1-9(16)12-10-5-3-4-6-11(10)15(13(12)14)7-8-17-2/h3-6H,7-8H2,1-2H3. The van der Waals surface area contributed by atoms with Gasteiger partial charge in [-0.3, -0.25) is 4.79 Å². The molecule has 1 aromatic heterocycles. The molecular formula is C13H14ClNO2. The van der Waals surface area contributed by atoms with E-state index in [1.165, 1.54) is 6.92 Å². The van der Waals surface area contributed by atoms with Crippen molar-refractivity contribution in [2.45, 2.75) is 13.5 Å². The minimum absolute atomic E-state index is 0.0117. The number of Topliss-reactive ketones (excluding diaryl/α,β-unsaturated/α-hetero) is 1. The van der Waals surface area contributed by atoms with E-state index < -0.39 is 0 Å². The first-order chi connectivity index (χ1) is 8.16. The Bertz CT molecular complexity index is 560. The largest absolute Gasteiger partial charge is 0.383 e. The molecule has 0 saturated heterocycles. The molecule has 0 atom stereocenters. The van der Waals surface area contributed by atoms with E-state index in [0.29, 0.717) is 23.9 Å². The highest BCUT2D eigenvalue weighted by Gasteiger charge is 2.17. The van der Waals surface area contributed by atoms with Crippen LogP contribution in [0, 0.1) is 0 Å². The van der Waals surface area contributed by atoms with E-state index in [2.05, 4.69) is 0 Å². The molecule has 0 aliphatic carbocycles. The molecule has 17 heavy (non-hydrogen) atoms. The van der Waals surface area contributed by atoms with Crippen molar-refractivity contribution >= 4 is 28.3 Å². The second kappa shape index (κ2) is 4.90. The van der Waals surface area contributed by atoms with Crippen molar-refractivity contribution in [2.24, 2.45) is 0 Å². The number of carbonyl (C=O) groups is 1. The Morgan fingerprint density at radius 1 is 1.41 bits per heavy atom. The van der Waals surface area contributed by atoms with Crippen molar-refractivity contribution in [3.05, 3.63) is 35.0 Å². The predicted molar refractivity (Wildman–Crippen MR) is 68.8 cm³/mol. The lowest BCUT2D eigenvalue weighted by molar-refractivity contribution is 0.101. The normalized spacial score (nSPS) is 11.0. The summed E-state index contributed by atoms with van der Waals surface area (Å²) in [6.45, 7) is 2.74. The van der Waals surface area contributed by atoms with Gasteiger partial charge in [0.15, 0.2) is 5.78 Å². The van der Waals surface area contributed by atoms with Gasteiger partial charge in [0, 0.05) is 19.0 Å². The Hall–Kier alpha value is -1.32. The lowest BCUT2D eigenvalue weighted by atomic mass is 10.1. The zero-order valence-corrected chi connectivity index (χ0v) is 10.6. The number of carbonyl (C=O) groups excluding carboxylic acids is 1. The van der Waals surface area contributed by atoms with Gasteiger partial charge in [0.25, 0.3) is 0 Å². The van der Waals surface area contributed by atoms with Crippen LogP contribution in [0.3, 0.4) is 0 Å². The number of hydrogen-bond donors (Lipinski definition) is 0. The Morgan fingerprint density at radius 3 is 2.76 bits per heavy atom. The van der Waals surface area contributed by atoms with E-state index in [1.54, 1.807) is 7.11 Å². The van der Waals surface area contributed by atoms with Crippen LogP contribution < -0.4 is 0 Å². The zero-order chi connectivity index (χ0) is 12.4. The monoisotopic (exact) mass is 251 g/mol. The van der Waals surface area contributed by atoms with Gasteiger partial charge in [-0.05, 0) is 13.0 Å². The van der Waals surface area contributed by atoms with Crippen LogP contribution >= 0.6 is 11.6 Å². The van der Waals surface area contributed by atoms with E-state index in [1.807, 2.05) is 28.8 Å². The highest BCUT2D eigenvalue weighted by molar-refractivity contribution is 6.35. The van der Waals surface area contributed by atoms with Gasteiger partial charge in [-0.1, -0.05) is 29.8 Å². The fourth-order valence-electron chi connectivity index (χ4n) is 2.01. The van der Waals surface area contributed by atoms with Crippen molar-refractivity contribution in [1.82, 2.24) is 4.57 Å². The number of nitrogens with zero attached hydrogens (tertiary/aromatic N) is 1. The summed E-state index contributed by atoms with van der Waals surface area (Å²) in [5.41, 5.74) is 1.57. The van der Waals surface area contributed by atoms with Gasteiger partial charge in [0.2, 0.25) is 0 Å². The summed E-state index contributed by atoms with van der Waals surface area (Å²) in [7, 11) is 1.64. The molecule has 0 spiro atoms. The maximum absolute atomic E-state index is 11.6. The number of methoxy groups -OCH3 is 1. The van der Waals surface area contributed by atoms with E-state index >= 15 is 0 Å². The van der Waals surface area contributed by atoms with Gasteiger partial charge in [-0.25, -0.2) is 0 Å². The summed E-state index contributed by atoms with van der Waals surface area (Å²) >= 11 is 6.27. The molecule has 0 aliphatic rings. The minimum atomic E-state index is -0.0117. The van der Waals surface area contributed by atoms with Gasteiger partial charge in [0.05, 0.1) is 17.7 Å². The van der Waals surface area contributed by atoms with E-state index in [4.69, 9.17) is 16.3 Å². The average Bonchev–Trinajstić information content (AvgIpc) is 2.58. The molecule has 0 unspecified atom stereocenters. The van der Waals surface area contributed by atoms with Gasteiger partial charge in [-0.2, -0.15) is 0 Å². The topological polar surface area (TPSA) is 31.2 Å². The average molecular weight is 252 g/mol. The molecule has 1 aromatic carbocycles. The number of hydrogen-bond acceptors (Lipinski definition) is 2. The summed E-state index contributed by atoms with van der Waals surface area (Å²) in [6, 6.07) is 7.72. The SMILES string of the molecule is COCCn1c(Cl)c(C(C)=O)c2ccccc21. The van der Waals surface area contributed by atoms with Gasteiger partial charge >= 0.3 is 0 Å². The summed E-state index contributed by atoms with van der Waals surface area (Å²) in [6.07, 6.45) is 0. The first kappa shape index (κ1) is 12.1. The van der Waals surface area contributed by atoms with Crippen molar-refractivity contribution in [1.29, 1.82) is 0 Å². The molecule has 3 nitrogen and oxygen atoms in total. The van der Waals surface area contributed by atoms with E-state index in [9.17, 15) is 4.79 Å². The molecule has 2 aromatic rings. The highest BCUT2D eigenvalue weighted by Crippen LogP contribution is 2.30. The second-order valence-corrected chi connectivity index (χ2v) is 4.24. The smallest absolute Gasteiger partial charge is 0.163 e. The Labute approximate surface area is 105 Å². The van der Waals surface area contributed by atoms with Crippen molar-refractivity contribution in [2.75, 3.05) is 13.7 Å². The fourth-order valence-corrected chi connectivity index (χ4v) is 2.42. The molecule has 0 saturated carbocycles. The second-order valence-electron chi connectivity index (χ2n) is 3.88. The number of aromatic nitrogens is 1. The number of ether oxygens (including phenoxy) is 1. The number of ketones is 1. The van der Waals surface area contributed by atoms with Crippen molar-refractivity contribution < 1.29 is 9.53 Å². The van der Waals surface area contributed by atoms with Crippen LogP contribution in [0.25, 0.3) is 10.9 Å². The summed E-state index contributed by atoms with van der Waals surface area (Å²) in [5, 5.41) is 1.40. The van der Waals surface area contributed by atoms with Crippen LogP contribution in [0.15, 0.2) is 24.3 Å². The molecule has 0 aliphatic heterocycles. The molecule has 2 rings (SSSR count). The first-order valence-electron chi connectivity index (χ1n) is 5.43. The number of para-hydroxylation sites is 1. The molecule has 4 heteroatoms. The fraction of sp³-hybridized carbons (Fsp3) is 0.308. The number of halogens is 1. The van der Waals surface area contributed by atoms with Crippen LogP contribution in [-0.4, -0.2) is 24.1 Å². The maximum Gasteiger partial charge on any atom is 0.163 e. The lowest BCUT2D eigenvalue weighted by Gasteiger charge is -2.05. The predicted octanol–water partition coefficient (Wildman–Crippen LogP) is 3.14. The third kappa shape index (κ3) is 2.08. The Kier molecular flexibility index (Phi) is 3.50. The van der Waals surface area contributed by atoms with Crippen LogP contribution in [0.4, 0.5) is 0 Å².